The lowest BCUT2D eigenvalue weighted by atomic mass is 9.68. The van der Waals surface area contributed by atoms with Gasteiger partial charge in [0, 0.05) is 16.0 Å². The summed E-state index contributed by atoms with van der Waals surface area (Å²) < 4.78 is 0. The average Bonchev–Trinajstić information content (AvgIpc) is 3.53. The molecular weight excluding hydrogens is 440 g/mol. The van der Waals surface area contributed by atoms with Crippen molar-refractivity contribution in [2.45, 2.75) is 22.6 Å². The average molecular weight is 461 g/mol. The summed E-state index contributed by atoms with van der Waals surface area (Å²) >= 11 is 3.03. The number of aromatic nitrogens is 1. The number of thiazole rings is 1. The van der Waals surface area contributed by atoms with Gasteiger partial charge in [0.1, 0.15) is 0 Å². The first-order chi connectivity index (χ1) is 15.6. The SMILES string of the molecule is O=C1[C@@H]2[C@H]3C[C@@H]([C@@H]2C(=O)N1c1ccccc1)[C@@H]1[C@@H](c2ccccc2)c2sc(=O)[nH]c2S[C@@H]31. The number of fused-ring (bicyclic) bond motifs is 9. The lowest BCUT2D eigenvalue weighted by Crippen LogP contribution is -2.42. The van der Waals surface area contributed by atoms with Crippen LogP contribution < -0.4 is 9.77 Å². The zero-order valence-electron chi connectivity index (χ0n) is 17.0. The van der Waals surface area contributed by atoms with Gasteiger partial charge in [-0.2, -0.15) is 0 Å². The molecule has 2 amide bonds. The molecule has 4 aliphatic rings. The Labute approximate surface area is 192 Å². The molecule has 7 atom stereocenters. The highest BCUT2D eigenvalue weighted by atomic mass is 32.2. The second-order valence-corrected chi connectivity index (χ2v) is 11.4. The Morgan fingerprint density at radius 2 is 1.50 bits per heavy atom. The van der Waals surface area contributed by atoms with Crippen LogP contribution in [0.3, 0.4) is 0 Å². The highest BCUT2D eigenvalue weighted by Crippen LogP contribution is 2.68. The molecule has 1 saturated heterocycles. The minimum atomic E-state index is -0.252. The summed E-state index contributed by atoms with van der Waals surface area (Å²) in [5.41, 5.74) is 1.87. The van der Waals surface area contributed by atoms with Crippen molar-refractivity contribution in [1.82, 2.24) is 4.98 Å². The molecule has 1 aromatic heterocycles. The number of amides is 2. The van der Waals surface area contributed by atoms with Gasteiger partial charge in [0.2, 0.25) is 11.8 Å². The summed E-state index contributed by atoms with van der Waals surface area (Å²) in [5, 5.41) is 1.19. The molecule has 2 saturated carbocycles. The van der Waals surface area contributed by atoms with Crippen LogP contribution in [0.2, 0.25) is 0 Å². The maximum atomic E-state index is 13.6. The van der Waals surface area contributed by atoms with Crippen LogP contribution in [0.5, 0.6) is 0 Å². The normalized spacial score (nSPS) is 34.5. The second-order valence-electron chi connectivity index (χ2n) is 9.22. The quantitative estimate of drug-likeness (QED) is 0.584. The summed E-state index contributed by atoms with van der Waals surface area (Å²) in [6, 6.07) is 19.7. The van der Waals surface area contributed by atoms with E-state index in [2.05, 4.69) is 17.1 Å². The van der Waals surface area contributed by atoms with Gasteiger partial charge in [-0.25, -0.2) is 0 Å². The van der Waals surface area contributed by atoms with Gasteiger partial charge in [-0.15, -0.1) is 11.8 Å². The Morgan fingerprint density at radius 3 is 2.22 bits per heavy atom. The second kappa shape index (κ2) is 6.68. The molecule has 3 aromatic rings. The number of nitrogens with one attached hydrogen (secondary N) is 1. The first-order valence-corrected chi connectivity index (χ1v) is 12.7. The van der Waals surface area contributed by atoms with Crippen LogP contribution in [0.25, 0.3) is 0 Å². The number of anilines is 1. The topological polar surface area (TPSA) is 70.2 Å². The molecule has 1 N–H and O–H groups in total. The third kappa shape index (κ3) is 2.38. The Kier molecular flexibility index (Phi) is 3.94. The van der Waals surface area contributed by atoms with E-state index in [0.29, 0.717) is 5.69 Å². The van der Waals surface area contributed by atoms with Crippen LogP contribution in [0.1, 0.15) is 22.8 Å². The molecule has 7 heteroatoms. The smallest absolute Gasteiger partial charge is 0.305 e. The van der Waals surface area contributed by atoms with Crippen molar-refractivity contribution >= 4 is 40.6 Å². The number of carbonyl (C=O) groups is 2. The molecule has 0 radical (unpaired) electrons. The minimum absolute atomic E-state index is 0.0293. The Morgan fingerprint density at radius 1 is 0.844 bits per heavy atom. The van der Waals surface area contributed by atoms with Crippen LogP contribution >= 0.6 is 23.1 Å². The number of rotatable bonds is 2. The zero-order valence-corrected chi connectivity index (χ0v) is 18.6. The van der Waals surface area contributed by atoms with Crippen LogP contribution in [-0.4, -0.2) is 22.0 Å². The first-order valence-electron chi connectivity index (χ1n) is 11.0. The third-order valence-electron chi connectivity index (χ3n) is 7.90. The van der Waals surface area contributed by atoms with E-state index in [1.807, 2.05) is 48.5 Å². The summed E-state index contributed by atoms with van der Waals surface area (Å²) in [5.74, 6) is 0.0747. The number of benzene rings is 2. The van der Waals surface area contributed by atoms with Crippen LogP contribution in [-0.2, 0) is 9.59 Å². The van der Waals surface area contributed by atoms with Gasteiger partial charge in [0.05, 0.1) is 22.5 Å². The molecule has 3 heterocycles. The predicted molar refractivity (Wildman–Crippen MR) is 124 cm³/mol. The molecule has 0 spiro atoms. The van der Waals surface area contributed by atoms with Crippen molar-refractivity contribution < 1.29 is 9.59 Å². The van der Waals surface area contributed by atoms with Crippen LogP contribution in [0.4, 0.5) is 5.69 Å². The molecular formula is C25H20N2O3S2. The summed E-state index contributed by atoms with van der Waals surface area (Å²) in [6.45, 7) is 0. The monoisotopic (exact) mass is 460 g/mol. The van der Waals surface area contributed by atoms with E-state index in [-0.39, 0.29) is 57.4 Å². The number of thioether (sulfide) groups is 1. The van der Waals surface area contributed by atoms with Gasteiger partial charge in [-0.3, -0.25) is 19.3 Å². The Hall–Kier alpha value is -2.64. The molecule has 0 unspecified atom stereocenters. The number of H-pyrrole nitrogens is 1. The van der Waals surface area contributed by atoms with Gasteiger partial charge in [-0.1, -0.05) is 59.9 Å². The summed E-state index contributed by atoms with van der Waals surface area (Å²) in [6.07, 6.45) is 0.917. The third-order valence-corrected chi connectivity index (χ3v) is 10.5. The molecule has 5 nitrogen and oxygen atoms in total. The highest BCUT2D eigenvalue weighted by molar-refractivity contribution is 8.00. The molecule has 2 aliphatic heterocycles. The van der Waals surface area contributed by atoms with E-state index in [4.69, 9.17) is 0 Å². The van der Waals surface area contributed by atoms with E-state index >= 15 is 0 Å². The lowest BCUT2D eigenvalue weighted by molar-refractivity contribution is -0.123. The van der Waals surface area contributed by atoms with Gasteiger partial charge in [0.15, 0.2) is 0 Å². The van der Waals surface area contributed by atoms with Gasteiger partial charge < -0.3 is 4.98 Å². The van der Waals surface area contributed by atoms with E-state index in [9.17, 15) is 14.4 Å². The number of imide groups is 1. The Bertz CT molecular complexity index is 1300. The fourth-order valence-electron chi connectivity index (χ4n) is 6.88. The summed E-state index contributed by atoms with van der Waals surface area (Å²) in [7, 11) is 0. The fraction of sp³-hybridized carbons (Fsp3) is 0.320. The molecule has 2 bridgehead atoms. The fourth-order valence-corrected chi connectivity index (χ4v) is 9.77. The van der Waals surface area contributed by atoms with Gasteiger partial charge in [-0.05, 0) is 41.9 Å². The summed E-state index contributed by atoms with van der Waals surface area (Å²) in [4.78, 5) is 44.9. The largest absolute Gasteiger partial charge is 0.307 e. The number of hydrogen-bond acceptors (Lipinski definition) is 5. The van der Waals surface area contributed by atoms with Crippen LogP contribution in [0, 0.1) is 29.6 Å². The van der Waals surface area contributed by atoms with Crippen molar-refractivity contribution in [3.05, 3.63) is 80.8 Å². The van der Waals surface area contributed by atoms with E-state index in [0.717, 1.165) is 16.3 Å². The van der Waals surface area contributed by atoms with Crippen molar-refractivity contribution in [2.75, 3.05) is 4.90 Å². The first kappa shape index (κ1) is 18.9. The number of nitrogens with zero attached hydrogens (tertiary/aromatic N) is 1. The van der Waals surface area contributed by atoms with E-state index in [1.165, 1.54) is 21.8 Å². The predicted octanol–water partition coefficient (Wildman–Crippen LogP) is 4.11. The molecule has 32 heavy (non-hydrogen) atoms. The molecule has 2 aromatic carbocycles. The highest BCUT2D eigenvalue weighted by Gasteiger charge is 2.69. The lowest BCUT2D eigenvalue weighted by Gasteiger charge is -2.43. The number of aromatic amines is 1. The number of hydrogen-bond donors (Lipinski definition) is 1. The van der Waals surface area contributed by atoms with Gasteiger partial charge in [0.25, 0.3) is 0 Å². The van der Waals surface area contributed by atoms with Crippen LogP contribution in [0.15, 0.2) is 70.5 Å². The van der Waals surface area contributed by atoms with E-state index < -0.39 is 0 Å². The zero-order chi connectivity index (χ0) is 21.6. The molecule has 3 fully saturated rings. The van der Waals surface area contributed by atoms with Crippen molar-refractivity contribution in [2.24, 2.45) is 29.6 Å². The molecule has 160 valence electrons. The van der Waals surface area contributed by atoms with Crippen molar-refractivity contribution in [3.63, 3.8) is 0 Å². The van der Waals surface area contributed by atoms with Crippen molar-refractivity contribution in [1.29, 1.82) is 0 Å². The molecule has 7 rings (SSSR count). The van der Waals surface area contributed by atoms with E-state index in [1.54, 1.807) is 11.8 Å². The maximum absolute atomic E-state index is 13.6. The minimum Gasteiger partial charge on any atom is -0.307 e. The number of carbonyl (C=O) groups excluding carboxylic acids is 2. The Balaban J connectivity index is 1.34. The van der Waals surface area contributed by atoms with Gasteiger partial charge >= 0.3 is 4.87 Å². The molecule has 2 aliphatic carbocycles. The maximum Gasteiger partial charge on any atom is 0.305 e. The standard InChI is InChI=1S/C25H20N2O3S2/c28-23-18-14-11-15(19(18)24(29)27(23)13-9-5-2-6-10-13)20-17(14)16(12-7-3-1-4-8-12)21-22(31-20)26-25(30)32-21/h1-10,14-20H,11H2,(H,26,30)/t14-,15-,16-,17-,18+,19-,20+/m1/s1. The number of para-hydroxylation sites is 1. The van der Waals surface area contributed by atoms with Crippen molar-refractivity contribution in [3.8, 4) is 0 Å².